The van der Waals surface area contributed by atoms with Gasteiger partial charge in [0, 0.05) is 30.9 Å². The van der Waals surface area contributed by atoms with Gasteiger partial charge in [0.1, 0.15) is 11.7 Å². The van der Waals surface area contributed by atoms with Crippen molar-refractivity contribution >= 4 is 29.1 Å². The minimum Gasteiger partial charge on any atom is -0.351 e. The molecule has 2 aliphatic heterocycles. The van der Waals surface area contributed by atoms with Gasteiger partial charge in [0.15, 0.2) is 0 Å². The largest absolute Gasteiger partial charge is 0.351 e. The highest BCUT2D eigenvalue weighted by Gasteiger charge is 2.37. The number of nitrogens with zero attached hydrogens (tertiary/aromatic N) is 1. The maximum absolute atomic E-state index is 13.2. The van der Waals surface area contributed by atoms with E-state index in [-0.39, 0.29) is 30.1 Å². The number of fused-ring (bicyclic) bond motifs is 1. The zero-order valence-corrected chi connectivity index (χ0v) is 15.2. The first-order valence-corrected chi connectivity index (χ1v) is 9.27. The summed E-state index contributed by atoms with van der Waals surface area (Å²) in [5.74, 6) is -1.70. The third-order valence-corrected chi connectivity index (χ3v) is 5.17. The van der Waals surface area contributed by atoms with E-state index in [1.807, 2.05) is 6.07 Å². The van der Waals surface area contributed by atoms with E-state index in [9.17, 15) is 18.8 Å². The van der Waals surface area contributed by atoms with Crippen LogP contribution in [0.25, 0.3) is 0 Å². The summed E-state index contributed by atoms with van der Waals surface area (Å²) in [6.07, 6.45) is 1.49. The molecule has 144 valence electrons. The van der Waals surface area contributed by atoms with Gasteiger partial charge in [-0.05, 0) is 54.3 Å². The van der Waals surface area contributed by atoms with Crippen LogP contribution in [0.15, 0.2) is 42.5 Å². The van der Waals surface area contributed by atoms with Crippen LogP contribution in [-0.2, 0) is 27.3 Å². The van der Waals surface area contributed by atoms with Crippen molar-refractivity contribution in [2.45, 2.75) is 25.8 Å². The number of carbonyl (C=O) groups excluding carboxylic acids is 3. The van der Waals surface area contributed by atoms with Crippen LogP contribution in [0, 0.1) is 11.7 Å². The Balaban J connectivity index is 1.42. The van der Waals surface area contributed by atoms with Crippen LogP contribution >= 0.6 is 0 Å². The summed E-state index contributed by atoms with van der Waals surface area (Å²) < 4.78 is 13.2. The number of hydrogen-bond acceptors (Lipinski definition) is 3. The van der Waals surface area contributed by atoms with Gasteiger partial charge in [-0.2, -0.15) is 0 Å². The number of rotatable bonds is 4. The fourth-order valence-electron chi connectivity index (χ4n) is 3.68. The van der Waals surface area contributed by atoms with Crippen LogP contribution in [-0.4, -0.2) is 24.3 Å². The molecule has 1 atom stereocenters. The highest BCUT2D eigenvalue weighted by molar-refractivity contribution is 6.09. The molecule has 6 nitrogen and oxygen atoms in total. The van der Waals surface area contributed by atoms with Gasteiger partial charge in [0.05, 0.1) is 0 Å². The smallest absolute Gasteiger partial charge is 0.239 e. The number of amides is 3. The van der Waals surface area contributed by atoms with E-state index in [4.69, 9.17) is 0 Å². The monoisotopic (exact) mass is 381 g/mol. The van der Waals surface area contributed by atoms with E-state index >= 15 is 0 Å². The van der Waals surface area contributed by atoms with Gasteiger partial charge >= 0.3 is 0 Å². The van der Waals surface area contributed by atoms with Crippen LogP contribution in [0.1, 0.15) is 24.0 Å². The summed E-state index contributed by atoms with van der Waals surface area (Å²) in [6, 6.07) is 11.5. The number of aryl methyl sites for hydroxylation is 1. The first-order chi connectivity index (χ1) is 13.5. The van der Waals surface area contributed by atoms with Gasteiger partial charge in [-0.25, -0.2) is 4.39 Å². The van der Waals surface area contributed by atoms with Crippen LogP contribution in [0.5, 0.6) is 0 Å². The summed E-state index contributed by atoms with van der Waals surface area (Å²) in [5.41, 5.74) is 3.15. The summed E-state index contributed by atoms with van der Waals surface area (Å²) >= 11 is 0. The summed E-state index contributed by atoms with van der Waals surface area (Å²) in [5, 5.41) is 5.54. The van der Waals surface area contributed by atoms with Gasteiger partial charge in [-0.1, -0.05) is 12.1 Å². The molecule has 1 saturated heterocycles. The number of nitrogens with one attached hydrogen (secondary N) is 2. The van der Waals surface area contributed by atoms with Gasteiger partial charge in [-0.15, -0.1) is 0 Å². The highest BCUT2D eigenvalue weighted by Crippen LogP contribution is 2.31. The van der Waals surface area contributed by atoms with E-state index in [2.05, 4.69) is 10.6 Å². The van der Waals surface area contributed by atoms with Crippen LogP contribution < -0.4 is 15.5 Å². The molecule has 0 radical (unpaired) electrons. The Morgan fingerprint density at radius 2 is 2.04 bits per heavy atom. The molecule has 2 heterocycles. The molecule has 28 heavy (non-hydrogen) atoms. The molecule has 2 aromatic carbocycles. The molecule has 0 aliphatic carbocycles. The molecule has 0 saturated carbocycles. The van der Waals surface area contributed by atoms with Crippen molar-refractivity contribution in [2.24, 2.45) is 5.92 Å². The lowest BCUT2D eigenvalue weighted by molar-refractivity contribution is -0.132. The van der Waals surface area contributed by atoms with Crippen LogP contribution in [0.4, 0.5) is 15.8 Å². The van der Waals surface area contributed by atoms with Crippen LogP contribution in [0.3, 0.4) is 0 Å². The second-order valence-electron chi connectivity index (χ2n) is 7.07. The summed E-state index contributed by atoms with van der Waals surface area (Å²) in [7, 11) is 0. The second-order valence-corrected chi connectivity index (χ2v) is 7.07. The third kappa shape index (κ3) is 3.60. The highest BCUT2D eigenvalue weighted by atomic mass is 19.1. The molecule has 1 fully saturated rings. The van der Waals surface area contributed by atoms with Crippen molar-refractivity contribution in [1.29, 1.82) is 0 Å². The van der Waals surface area contributed by atoms with E-state index in [1.165, 1.54) is 12.1 Å². The normalized spacial score (nSPS) is 18.6. The molecule has 3 amide bonds. The molecule has 1 unspecified atom stereocenters. The molecule has 0 aromatic heterocycles. The molecule has 2 N–H and O–H groups in total. The van der Waals surface area contributed by atoms with E-state index in [0.29, 0.717) is 31.4 Å². The minimum atomic E-state index is -0.746. The Hall–Kier alpha value is -3.22. The zero-order chi connectivity index (χ0) is 19.7. The topological polar surface area (TPSA) is 78.5 Å². The Kier molecular flexibility index (Phi) is 4.81. The Morgan fingerprint density at radius 3 is 2.86 bits per heavy atom. The van der Waals surface area contributed by atoms with Crippen molar-refractivity contribution in [3.8, 4) is 0 Å². The van der Waals surface area contributed by atoms with E-state index in [0.717, 1.165) is 16.9 Å². The molecular weight excluding hydrogens is 361 g/mol. The van der Waals surface area contributed by atoms with Crippen molar-refractivity contribution < 1.29 is 18.8 Å². The Bertz CT molecular complexity index is 960. The first-order valence-electron chi connectivity index (χ1n) is 9.27. The fraction of sp³-hybridized carbons (Fsp3) is 0.286. The SMILES string of the molecule is O=C1CCc2cc(N3CCC(C(=O)NCc4cccc(F)c4)C3=O)ccc2N1. The molecule has 7 heteroatoms. The predicted octanol–water partition coefficient (Wildman–Crippen LogP) is 2.38. The predicted molar refractivity (Wildman–Crippen MR) is 102 cm³/mol. The Morgan fingerprint density at radius 1 is 1.18 bits per heavy atom. The molecule has 0 spiro atoms. The van der Waals surface area contributed by atoms with Gasteiger partial charge in [-0.3, -0.25) is 14.4 Å². The summed E-state index contributed by atoms with van der Waals surface area (Å²) in [4.78, 5) is 38.3. The molecule has 4 rings (SSSR count). The number of halogens is 1. The maximum atomic E-state index is 13.2. The van der Waals surface area contributed by atoms with Crippen LogP contribution in [0.2, 0.25) is 0 Å². The van der Waals surface area contributed by atoms with E-state index < -0.39 is 5.92 Å². The number of anilines is 2. The lowest BCUT2D eigenvalue weighted by Gasteiger charge is -2.22. The molecular formula is C21H20FN3O3. The molecule has 0 bridgehead atoms. The fourth-order valence-corrected chi connectivity index (χ4v) is 3.68. The zero-order valence-electron chi connectivity index (χ0n) is 15.2. The molecule has 2 aromatic rings. The maximum Gasteiger partial charge on any atom is 0.239 e. The van der Waals surface area contributed by atoms with Crippen molar-refractivity contribution in [1.82, 2.24) is 5.32 Å². The van der Waals surface area contributed by atoms with Gasteiger partial charge < -0.3 is 15.5 Å². The number of hydrogen-bond donors (Lipinski definition) is 2. The van der Waals surface area contributed by atoms with Gasteiger partial charge in [0.2, 0.25) is 17.7 Å². The number of benzene rings is 2. The second kappa shape index (κ2) is 7.42. The van der Waals surface area contributed by atoms with Gasteiger partial charge in [0.25, 0.3) is 0 Å². The average molecular weight is 381 g/mol. The van der Waals surface area contributed by atoms with Crippen molar-refractivity contribution in [3.05, 3.63) is 59.4 Å². The third-order valence-electron chi connectivity index (χ3n) is 5.17. The lowest BCUT2D eigenvalue weighted by Crippen LogP contribution is -2.36. The minimum absolute atomic E-state index is 0.00692. The molecule has 2 aliphatic rings. The van der Waals surface area contributed by atoms with Crippen molar-refractivity contribution in [3.63, 3.8) is 0 Å². The first kappa shape index (κ1) is 18.2. The Labute approximate surface area is 161 Å². The summed E-state index contributed by atoms with van der Waals surface area (Å²) in [6.45, 7) is 0.640. The van der Waals surface area contributed by atoms with E-state index in [1.54, 1.807) is 29.2 Å². The number of carbonyl (C=O) groups is 3. The standard InChI is InChI=1S/C21H20FN3O3/c22-15-3-1-2-13(10-15)12-23-20(27)17-8-9-25(21(17)28)16-5-6-18-14(11-16)4-7-19(26)24-18/h1-3,5-6,10-11,17H,4,7-9,12H2,(H,23,27)(H,24,26). The quantitative estimate of drug-likeness (QED) is 0.799. The average Bonchev–Trinajstić information content (AvgIpc) is 3.07. The van der Waals surface area contributed by atoms with Crippen molar-refractivity contribution in [2.75, 3.05) is 16.8 Å². The lowest BCUT2D eigenvalue weighted by atomic mass is 10.0.